The first-order chi connectivity index (χ1) is 14.3. The zero-order valence-corrected chi connectivity index (χ0v) is 16.4. The minimum Gasteiger partial charge on any atom is -0.467 e. The summed E-state index contributed by atoms with van der Waals surface area (Å²) in [5, 5.41) is 0. The number of aromatic nitrogens is 2. The van der Waals surface area contributed by atoms with E-state index in [1.807, 2.05) is 53.4 Å². The van der Waals surface area contributed by atoms with Crippen molar-refractivity contribution in [1.82, 2.24) is 19.8 Å². The van der Waals surface area contributed by atoms with E-state index in [1.165, 1.54) is 0 Å². The largest absolute Gasteiger partial charge is 0.467 e. The van der Waals surface area contributed by atoms with E-state index >= 15 is 0 Å². The number of rotatable bonds is 7. The maximum absolute atomic E-state index is 13.1. The van der Waals surface area contributed by atoms with Crippen LogP contribution in [0.25, 0.3) is 0 Å². The molecule has 29 heavy (non-hydrogen) atoms. The first kappa shape index (κ1) is 19.1. The van der Waals surface area contributed by atoms with Gasteiger partial charge >= 0.3 is 0 Å². The third-order valence-electron chi connectivity index (χ3n) is 5.06. The van der Waals surface area contributed by atoms with E-state index in [9.17, 15) is 4.79 Å². The molecule has 1 saturated heterocycles. The molecule has 2 aromatic heterocycles. The van der Waals surface area contributed by atoms with Crippen LogP contribution >= 0.6 is 0 Å². The third-order valence-corrected chi connectivity index (χ3v) is 5.06. The van der Waals surface area contributed by atoms with Crippen molar-refractivity contribution < 1.29 is 9.21 Å². The van der Waals surface area contributed by atoms with Gasteiger partial charge in [-0.15, -0.1) is 0 Å². The molecule has 1 aromatic carbocycles. The Morgan fingerprint density at radius 2 is 1.69 bits per heavy atom. The predicted molar refractivity (Wildman–Crippen MR) is 110 cm³/mol. The summed E-state index contributed by atoms with van der Waals surface area (Å²) in [6, 6.07) is 15.6. The van der Waals surface area contributed by atoms with Crippen LogP contribution in [0.3, 0.4) is 0 Å². The molecule has 0 bridgehead atoms. The fourth-order valence-electron chi connectivity index (χ4n) is 3.48. The van der Waals surface area contributed by atoms with Gasteiger partial charge < -0.3 is 14.2 Å². The summed E-state index contributed by atoms with van der Waals surface area (Å²) in [6.45, 7) is 4.68. The second-order valence-electron chi connectivity index (χ2n) is 7.13. The highest BCUT2D eigenvalue weighted by Gasteiger charge is 2.23. The van der Waals surface area contributed by atoms with E-state index < -0.39 is 0 Å². The molecule has 3 heterocycles. The second-order valence-corrected chi connectivity index (χ2v) is 7.13. The highest BCUT2D eigenvalue weighted by Crippen LogP contribution is 2.13. The van der Waals surface area contributed by atoms with Gasteiger partial charge in [0.1, 0.15) is 5.76 Å². The minimum absolute atomic E-state index is 0.106. The Morgan fingerprint density at radius 3 is 2.38 bits per heavy atom. The normalized spacial score (nSPS) is 14.7. The lowest BCUT2D eigenvalue weighted by atomic mass is 10.2. The monoisotopic (exact) mass is 391 g/mol. The first-order valence-corrected chi connectivity index (χ1v) is 9.86. The topological polar surface area (TPSA) is 65.7 Å². The zero-order valence-electron chi connectivity index (χ0n) is 16.4. The van der Waals surface area contributed by atoms with Crippen molar-refractivity contribution in [1.29, 1.82) is 0 Å². The summed E-state index contributed by atoms with van der Waals surface area (Å²) in [5.74, 6) is 1.65. The summed E-state index contributed by atoms with van der Waals surface area (Å²) < 4.78 is 5.48. The van der Waals surface area contributed by atoms with Crippen molar-refractivity contribution in [2.75, 3.05) is 37.6 Å². The molecule has 0 unspecified atom stereocenters. The van der Waals surface area contributed by atoms with Crippen LogP contribution in [0.1, 0.15) is 11.3 Å². The number of piperazine rings is 1. The van der Waals surface area contributed by atoms with Gasteiger partial charge in [0.2, 0.25) is 11.9 Å². The lowest BCUT2D eigenvalue weighted by Crippen LogP contribution is -2.50. The lowest BCUT2D eigenvalue weighted by molar-refractivity contribution is -0.134. The number of anilines is 1. The van der Waals surface area contributed by atoms with Crippen LogP contribution in [0.15, 0.2) is 71.6 Å². The molecular formula is C22H25N5O2. The highest BCUT2D eigenvalue weighted by molar-refractivity contribution is 5.78. The minimum atomic E-state index is 0.106. The standard InChI is InChI=1S/C22H25N5O2/c28-21(18-25-11-13-26(14-12-25)22-23-9-5-10-24-22)27(17-20-8-4-15-29-20)16-19-6-2-1-3-7-19/h1-10,15H,11-14,16-18H2. The van der Waals surface area contributed by atoms with Gasteiger partial charge in [0, 0.05) is 45.1 Å². The van der Waals surface area contributed by atoms with Gasteiger partial charge in [-0.1, -0.05) is 30.3 Å². The van der Waals surface area contributed by atoms with Crippen LogP contribution in [-0.2, 0) is 17.9 Å². The number of furan rings is 1. The summed E-state index contributed by atoms with van der Waals surface area (Å²) in [4.78, 5) is 27.9. The fraction of sp³-hybridized carbons (Fsp3) is 0.318. The van der Waals surface area contributed by atoms with E-state index in [2.05, 4.69) is 19.8 Å². The quantitative estimate of drug-likeness (QED) is 0.616. The Balaban J connectivity index is 1.36. The van der Waals surface area contributed by atoms with Crippen LogP contribution in [0, 0.1) is 0 Å². The van der Waals surface area contributed by atoms with Crippen molar-refractivity contribution in [3.05, 3.63) is 78.5 Å². The summed E-state index contributed by atoms with van der Waals surface area (Å²) in [6.07, 6.45) is 5.16. The van der Waals surface area contributed by atoms with E-state index in [4.69, 9.17) is 4.42 Å². The van der Waals surface area contributed by atoms with Crippen molar-refractivity contribution >= 4 is 11.9 Å². The Morgan fingerprint density at radius 1 is 0.931 bits per heavy atom. The van der Waals surface area contributed by atoms with Gasteiger partial charge in [0.05, 0.1) is 19.4 Å². The SMILES string of the molecule is O=C(CN1CCN(c2ncccn2)CC1)N(Cc1ccccc1)Cc1ccco1. The number of carbonyl (C=O) groups is 1. The van der Waals surface area contributed by atoms with Gasteiger partial charge in [-0.25, -0.2) is 9.97 Å². The smallest absolute Gasteiger partial charge is 0.237 e. The molecule has 1 fully saturated rings. The Bertz CT molecular complexity index is 878. The second kappa shape index (κ2) is 9.34. The van der Waals surface area contributed by atoms with Gasteiger partial charge in [0.15, 0.2) is 0 Å². The maximum atomic E-state index is 13.1. The molecule has 0 aliphatic carbocycles. The van der Waals surface area contributed by atoms with E-state index in [0.717, 1.165) is 43.5 Å². The van der Waals surface area contributed by atoms with Crippen molar-refractivity contribution in [2.24, 2.45) is 0 Å². The molecule has 1 aliphatic rings. The summed E-state index contributed by atoms with van der Waals surface area (Å²) in [5.41, 5.74) is 1.11. The number of nitrogens with zero attached hydrogens (tertiary/aromatic N) is 5. The molecule has 0 saturated carbocycles. The van der Waals surface area contributed by atoms with Crippen molar-refractivity contribution in [2.45, 2.75) is 13.1 Å². The molecular weight excluding hydrogens is 366 g/mol. The Kier molecular flexibility index (Phi) is 6.16. The average Bonchev–Trinajstić information content (AvgIpc) is 3.28. The van der Waals surface area contributed by atoms with Crippen LogP contribution in [0.2, 0.25) is 0 Å². The highest BCUT2D eigenvalue weighted by atomic mass is 16.3. The molecule has 1 amide bonds. The third kappa shape index (κ3) is 5.20. The molecule has 0 spiro atoms. The van der Waals surface area contributed by atoms with Crippen LogP contribution in [0.5, 0.6) is 0 Å². The first-order valence-electron chi connectivity index (χ1n) is 9.86. The molecule has 0 radical (unpaired) electrons. The summed E-state index contributed by atoms with van der Waals surface area (Å²) in [7, 11) is 0. The molecule has 3 aromatic rings. The van der Waals surface area contributed by atoms with E-state index in [-0.39, 0.29) is 5.91 Å². The van der Waals surface area contributed by atoms with Gasteiger partial charge in [-0.05, 0) is 23.8 Å². The fourth-order valence-corrected chi connectivity index (χ4v) is 3.48. The average molecular weight is 391 g/mol. The van der Waals surface area contributed by atoms with E-state index in [1.54, 1.807) is 18.7 Å². The van der Waals surface area contributed by atoms with Gasteiger partial charge in [-0.3, -0.25) is 9.69 Å². The van der Waals surface area contributed by atoms with Crippen molar-refractivity contribution in [3.63, 3.8) is 0 Å². The van der Waals surface area contributed by atoms with Gasteiger partial charge in [0.25, 0.3) is 0 Å². The number of carbonyl (C=O) groups excluding carboxylic acids is 1. The lowest BCUT2D eigenvalue weighted by Gasteiger charge is -2.35. The molecule has 7 nitrogen and oxygen atoms in total. The van der Waals surface area contributed by atoms with Gasteiger partial charge in [-0.2, -0.15) is 0 Å². The number of benzene rings is 1. The maximum Gasteiger partial charge on any atom is 0.237 e. The molecule has 0 atom stereocenters. The zero-order chi connectivity index (χ0) is 19.9. The number of hydrogen-bond donors (Lipinski definition) is 0. The predicted octanol–water partition coefficient (Wildman–Crippen LogP) is 2.42. The molecule has 7 heteroatoms. The molecule has 1 aliphatic heterocycles. The van der Waals surface area contributed by atoms with E-state index in [0.29, 0.717) is 19.6 Å². The van der Waals surface area contributed by atoms with Crippen molar-refractivity contribution in [3.8, 4) is 0 Å². The van der Waals surface area contributed by atoms with Crippen LogP contribution < -0.4 is 4.90 Å². The Hall–Kier alpha value is -3.19. The molecule has 0 N–H and O–H groups in total. The summed E-state index contributed by atoms with van der Waals surface area (Å²) >= 11 is 0. The molecule has 4 rings (SSSR count). The van der Waals surface area contributed by atoms with Crippen LogP contribution in [0.4, 0.5) is 5.95 Å². The number of hydrogen-bond acceptors (Lipinski definition) is 6. The number of amides is 1. The van der Waals surface area contributed by atoms with Crippen LogP contribution in [-0.4, -0.2) is 58.4 Å². The molecule has 150 valence electrons. The Labute approximate surface area is 170 Å².